The summed E-state index contributed by atoms with van der Waals surface area (Å²) in [6.45, 7) is 5.69. The SMILES string of the molecule is CCCCC1(CCCC)C(=O)Nc2c(ccc3c(=O)c4cc(C(=O)OCC)cc(NS(C)(=O)=O)c4oc23)C1=O. The molecule has 1 aliphatic heterocycles. The Balaban J connectivity index is 2.00. The minimum atomic E-state index is -3.85. The van der Waals surface area contributed by atoms with Gasteiger partial charge in [0, 0.05) is 5.56 Å². The first-order valence-corrected chi connectivity index (χ1v) is 14.9. The molecule has 0 unspecified atom stereocenters. The van der Waals surface area contributed by atoms with Crippen molar-refractivity contribution in [3.63, 3.8) is 0 Å². The van der Waals surface area contributed by atoms with Gasteiger partial charge in [-0.2, -0.15) is 0 Å². The van der Waals surface area contributed by atoms with Crippen molar-refractivity contribution in [1.82, 2.24) is 0 Å². The standard InChI is InChI=1S/C28H32N2O8S/c1-5-8-12-28(13-9-6-2)25(32)17-10-11-18-22(31)19-14-16(26(33)37-7-3)15-20(30-39(4,35)36)23(19)38-24(18)21(17)29-27(28)34/h10-11,14-15,30H,5-9,12-13H2,1-4H3,(H,29,34). The maximum atomic E-state index is 13.9. The first-order chi connectivity index (χ1) is 18.5. The third kappa shape index (κ3) is 5.15. The van der Waals surface area contributed by atoms with E-state index in [0.717, 1.165) is 19.1 Å². The first kappa shape index (κ1) is 28.3. The van der Waals surface area contributed by atoms with Gasteiger partial charge in [-0.05, 0) is 44.0 Å². The Hall–Kier alpha value is -3.73. The predicted molar refractivity (Wildman–Crippen MR) is 149 cm³/mol. The van der Waals surface area contributed by atoms with Crippen LogP contribution in [0.15, 0.2) is 33.5 Å². The molecule has 2 heterocycles. The fraction of sp³-hybridized carbons (Fsp3) is 0.429. The predicted octanol–water partition coefficient (Wildman–Crippen LogP) is 5.00. The molecule has 1 aliphatic rings. The Morgan fingerprint density at radius 3 is 2.26 bits per heavy atom. The molecule has 39 heavy (non-hydrogen) atoms. The van der Waals surface area contributed by atoms with Gasteiger partial charge in [-0.1, -0.05) is 39.5 Å². The van der Waals surface area contributed by atoms with E-state index in [1.807, 2.05) is 13.8 Å². The molecule has 0 bridgehead atoms. The highest BCUT2D eigenvalue weighted by Crippen LogP contribution is 2.44. The number of Topliss-reactive ketones (excluding diaryl/α,β-unsaturated/α-hetero) is 1. The smallest absolute Gasteiger partial charge is 0.338 e. The van der Waals surface area contributed by atoms with Crippen molar-refractivity contribution in [3.8, 4) is 0 Å². The minimum Gasteiger partial charge on any atom is -0.462 e. The third-order valence-electron chi connectivity index (χ3n) is 7.01. The molecule has 2 N–H and O–H groups in total. The second kappa shape index (κ2) is 10.8. The highest BCUT2D eigenvalue weighted by Gasteiger charge is 2.49. The molecule has 2 aromatic carbocycles. The van der Waals surface area contributed by atoms with Crippen LogP contribution in [0.4, 0.5) is 11.4 Å². The molecule has 1 aromatic heterocycles. The van der Waals surface area contributed by atoms with Crippen LogP contribution in [-0.4, -0.2) is 38.9 Å². The van der Waals surface area contributed by atoms with Gasteiger partial charge in [-0.25, -0.2) is 13.2 Å². The van der Waals surface area contributed by atoms with Crippen molar-refractivity contribution < 1.29 is 32.0 Å². The van der Waals surface area contributed by atoms with Gasteiger partial charge < -0.3 is 14.5 Å². The summed E-state index contributed by atoms with van der Waals surface area (Å²) < 4.78 is 37.6. The number of esters is 1. The number of rotatable bonds is 10. The van der Waals surface area contributed by atoms with Gasteiger partial charge in [-0.15, -0.1) is 0 Å². The normalized spacial score (nSPS) is 14.8. The van der Waals surface area contributed by atoms with Crippen molar-refractivity contribution >= 4 is 61.0 Å². The summed E-state index contributed by atoms with van der Waals surface area (Å²) in [4.78, 5) is 53.4. The first-order valence-electron chi connectivity index (χ1n) is 13.1. The molecule has 10 nitrogen and oxygen atoms in total. The number of ketones is 1. The van der Waals surface area contributed by atoms with E-state index < -0.39 is 32.7 Å². The Morgan fingerprint density at radius 2 is 1.67 bits per heavy atom. The average molecular weight is 557 g/mol. The Kier molecular flexibility index (Phi) is 7.83. The van der Waals surface area contributed by atoms with Crippen molar-refractivity contribution in [1.29, 1.82) is 0 Å². The maximum Gasteiger partial charge on any atom is 0.338 e. The number of sulfonamides is 1. The van der Waals surface area contributed by atoms with Crippen molar-refractivity contribution in [2.45, 2.75) is 59.3 Å². The number of hydrogen-bond donors (Lipinski definition) is 2. The molecule has 3 aromatic rings. The molecule has 0 saturated carbocycles. The second-order valence-corrected chi connectivity index (χ2v) is 11.6. The van der Waals surface area contributed by atoms with E-state index in [-0.39, 0.29) is 56.8 Å². The number of nitrogens with one attached hydrogen (secondary N) is 2. The summed E-state index contributed by atoms with van der Waals surface area (Å²) in [6.07, 6.45) is 4.79. The van der Waals surface area contributed by atoms with Gasteiger partial charge in [0.25, 0.3) is 0 Å². The second-order valence-electron chi connectivity index (χ2n) is 9.86. The van der Waals surface area contributed by atoms with Gasteiger partial charge in [0.2, 0.25) is 21.4 Å². The van der Waals surface area contributed by atoms with Crippen LogP contribution in [0.3, 0.4) is 0 Å². The van der Waals surface area contributed by atoms with Crippen LogP contribution in [0.1, 0.15) is 80.0 Å². The lowest BCUT2D eigenvalue weighted by molar-refractivity contribution is -0.124. The number of carbonyl (C=O) groups excluding carboxylic acids is 3. The van der Waals surface area contributed by atoms with E-state index >= 15 is 0 Å². The van der Waals surface area contributed by atoms with Crippen molar-refractivity contribution in [3.05, 3.63) is 45.6 Å². The van der Waals surface area contributed by atoms with Crippen LogP contribution in [0.25, 0.3) is 21.9 Å². The lowest BCUT2D eigenvalue weighted by Crippen LogP contribution is -2.47. The highest BCUT2D eigenvalue weighted by atomic mass is 32.2. The van der Waals surface area contributed by atoms with Crippen molar-refractivity contribution in [2.24, 2.45) is 5.41 Å². The van der Waals surface area contributed by atoms with E-state index in [1.165, 1.54) is 24.3 Å². The molecule has 4 rings (SSSR count). The van der Waals surface area contributed by atoms with Gasteiger partial charge >= 0.3 is 5.97 Å². The number of benzene rings is 2. The number of carbonyl (C=O) groups is 3. The highest BCUT2D eigenvalue weighted by molar-refractivity contribution is 7.92. The molecule has 0 spiro atoms. The van der Waals surface area contributed by atoms with Crippen LogP contribution in [0.5, 0.6) is 0 Å². The summed E-state index contributed by atoms with van der Waals surface area (Å²) in [5.41, 5.74) is -1.85. The van der Waals surface area contributed by atoms with Crippen LogP contribution < -0.4 is 15.5 Å². The topological polar surface area (TPSA) is 149 Å². The minimum absolute atomic E-state index is 0.0415. The molecule has 0 aliphatic carbocycles. The van der Waals surface area contributed by atoms with Gasteiger partial charge in [-0.3, -0.25) is 19.1 Å². The zero-order valence-corrected chi connectivity index (χ0v) is 23.2. The Morgan fingerprint density at radius 1 is 1.00 bits per heavy atom. The third-order valence-corrected chi connectivity index (χ3v) is 7.60. The summed E-state index contributed by atoms with van der Waals surface area (Å²) in [5, 5.41) is 2.85. The Labute approximate surface area is 226 Å². The van der Waals surface area contributed by atoms with Gasteiger partial charge in [0.05, 0.1) is 40.6 Å². The summed E-state index contributed by atoms with van der Waals surface area (Å²) in [5.74, 6) is -1.50. The largest absolute Gasteiger partial charge is 0.462 e. The number of unbranched alkanes of at least 4 members (excludes halogenated alkanes) is 2. The number of anilines is 2. The van der Waals surface area contributed by atoms with Crippen molar-refractivity contribution in [2.75, 3.05) is 22.9 Å². The summed E-state index contributed by atoms with van der Waals surface area (Å²) in [6, 6.07) is 5.46. The Bertz CT molecular complexity index is 1650. The molecule has 0 radical (unpaired) electrons. The quantitative estimate of drug-likeness (QED) is 0.201. The summed E-state index contributed by atoms with van der Waals surface area (Å²) in [7, 11) is -3.85. The molecule has 0 saturated heterocycles. The molecular formula is C28H32N2O8S. The molecule has 1 amide bonds. The van der Waals surface area contributed by atoms with E-state index in [9.17, 15) is 27.6 Å². The number of amides is 1. The molecule has 11 heteroatoms. The summed E-state index contributed by atoms with van der Waals surface area (Å²) >= 11 is 0. The van der Waals surface area contributed by atoms with Crippen LogP contribution in [-0.2, 0) is 19.6 Å². The van der Waals surface area contributed by atoms with E-state index in [2.05, 4.69) is 10.0 Å². The fourth-order valence-electron chi connectivity index (χ4n) is 5.07. The van der Waals surface area contributed by atoms with Crippen LogP contribution in [0, 0.1) is 5.41 Å². The lowest BCUT2D eigenvalue weighted by Gasteiger charge is -2.35. The maximum absolute atomic E-state index is 13.9. The van der Waals surface area contributed by atoms with E-state index in [4.69, 9.17) is 9.15 Å². The fourth-order valence-corrected chi connectivity index (χ4v) is 5.62. The zero-order chi connectivity index (χ0) is 28.5. The number of hydrogen-bond acceptors (Lipinski definition) is 8. The van der Waals surface area contributed by atoms with Gasteiger partial charge in [0.1, 0.15) is 5.41 Å². The number of ether oxygens (including phenoxy) is 1. The van der Waals surface area contributed by atoms with E-state index in [1.54, 1.807) is 6.92 Å². The monoisotopic (exact) mass is 556 g/mol. The van der Waals surface area contributed by atoms with Crippen LogP contribution >= 0.6 is 0 Å². The zero-order valence-electron chi connectivity index (χ0n) is 22.4. The molecule has 0 fully saturated rings. The number of fused-ring (bicyclic) bond motifs is 4. The molecule has 208 valence electrons. The van der Waals surface area contributed by atoms with Crippen LogP contribution in [0.2, 0.25) is 0 Å². The molecule has 0 atom stereocenters. The van der Waals surface area contributed by atoms with E-state index in [0.29, 0.717) is 25.7 Å². The lowest BCUT2D eigenvalue weighted by atomic mass is 9.69. The van der Waals surface area contributed by atoms with Gasteiger partial charge in [0.15, 0.2) is 16.9 Å². The molecular weight excluding hydrogens is 524 g/mol. The average Bonchev–Trinajstić information content (AvgIpc) is 2.88.